The van der Waals surface area contributed by atoms with Gasteiger partial charge in [0.15, 0.2) is 6.10 Å². The van der Waals surface area contributed by atoms with Crippen LogP contribution in [-0.4, -0.2) is 29.9 Å². The third-order valence-electron chi connectivity index (χ3n) is 4.09. The van der Waals surface area contributed by atoms with Crippen LogP contribution in [0.1, 0.15) is 31.1 Å². The molecule has 0 spiro atoms. The Morgan fingerprint density at radius 1 is 0.862 bits per heavy atom. The summed E-state index contributed by atoms with van der Waals surface area (Å²) >= 11 is 0. The number of nitrogens with one attached hydrogen (secondary N) is 2. The van der Waals surface area contributed by atoms with Crippen molar-refractivity contribution in [3.05, 3.63) is 65.7 Å². The van der Waals surface area contributed by atoms with E-state index in [-0.39, 0.29) is 11.5 Å². The van der Waals surface area contributed by atoms with Crippen molar-refractivity contribution in [1.82, 2.24) is 5.32 Å². The zero-order valence-electron chi connectivity index (χ0n) is 16.2. The third-order valence-corrected chi connectivity index (χ3v) is 4.09. The number of ether oxygens (including phenoxy) is 1. The Bertz CT molecular complexity index is 867. The molecule has 2 aromatic rings. The molecule has 0 unspecified atom stereocenters. The van der Waals surface area contributed by atoms with Gasteiger partial charge < -0.3 is 15.4 Å². The van der Waals surface area contributed by atoms with E-state index in [4.69, 9.17) is 4.74 Å². The summed E-state index contributed by atoms with van der Waals surface area (Å²) in [6, 6.07) is 8.99. The second-order valence-corrected chi connectivity index (χ2v) is 6.78. The molecule has 0 heterocycles. The van der Waals surface area contributed by atoms with Crippen molar-refractivity contribution in [2.75, 3.05) is 5.32 Å². The molecule has 6 nitrogen and oxygen atoms in total. The van der Waals surface area contributed by atoms with Crippen LogP contribution in [0.15, 0.2) is 48.5 Å². The minimum atomic E-state index is -1.14. The highest BCUT2D eigenvalue weighted by Gasteiger charge is 2.29. The molecule has 0 radical (unpaired) electrons. The Hall–Kier alpha value is -3.29. The van der Waals surface area contributed by atoms with Crippen molar-refractivity contribution in [2.45, 2.75) is 32.9 Å². The van der Waals surface area contributed by atoms with Gasteiger partial charge in [-0.3, -0.25) is 9.59 Å². The summed E-state index contributed by atoms with van der Waals surface area (Å²) in [6.07, 6.45) is -1.14. The highest BCUT2D eigenvalue weighted by Crippen LogP contribution is 2.12. The molecular weight excluding hydrogens is 382 g/mol. The molecule has 2 aromatic carbocycles. The van der Waals surface area contributed by atoms with Crippen LogP contribution in [0.2, 0.25) is 0 Å². The van der Waals surface area contributed by atoms with Gasteiger partial charge in [0, 0.05) is 11.3 Å². The smallest absolute Gasteiger partial charge is 0.329 e. The molecule has 0 aliphatic carbocycles. The summed E-state index contributed by atoms with van der Waals surface area (Å²) in [7, 11) is 0. The lowest BCUT2D eigenvalue weighted by Crippen LogP contribution is -2.47. The van der Waals surface area contributed by atoms with Crippen LogP contribution in [0.5, 0.6) is 0 Å². The Kier molecular flexibility index (Phi) is 7.41. The van der Waals surface area contributed by atoms with Gasteiger partial charge in [-0.2, -0.15) is 0 Å². The van der Waals surface area contributed by atoms with Gasteiger partial charge in [-0.05, 0) is 61.4 Å². The van der Waals surface area contributed by atoms with Crippen LogP contribution in [0.25, 0.3) is 0 Å². The van der Waals surface area contributed by atoms with E-state index < -0.39 is 41.6 Å². The van der Waals surface area contributed by atoms with Crippen molar-refractivity contribution in [3.8, 4) is 0 Å². The average Bonchev–Trinajstić information content (AvgIpc) is 2.67. The molecule has 29 heavy (non-hydrogen) atoms. The zero-order chi connectivity index (χ0) is 21.6. The molecule has 2 atom stereocenters. The van der Waals surface area contributed by atoms with E-state index in [0.29, 0.717) is 5.69 Å². The van der Waals surface area contributed by atoms with Crippen LogP contribution in [-0.2, 0) is 14.3 Å². The van der Waals surface area contributed by atoms with Gasteiger partial charge in [0.1, 0.15) is 17.7 Å². The first-order valence-corrected chi connectivity index (χ1v) is 9.00. The Balaban J connectivity index is 1.98. The van der Waals surface area contributed by atoms with Gasteiger partial charge in [-0.15, -0.1) is 0 Å². The molecule has 0 bridgehead atoms. The third kappa shape index (κ3) is 6.38. The van der Waals surface area contributed by atoms with Crippen LogP contribution in [0.3, 0.4) is 0 Å². The number of carbonyl (C=O) groups is 3. The van der Waals surface area contributed by atoms with Crippen molar-refractivity contribution in [3.63, 3.8) is 0 Å². The van der Waals surface area contributed by atoms with Crippen LogP contribution >= 0.6 is 0 Å². The van der Waals surface area contributed by atoms with Gasteiger partial charge in [0.05, 0.1) is 0 Å². The number of rotatable bonds is 7. The summed E-state index contributed by atoms with van der Waals surface area (Å²) in [5.41, 5.74) is 0.538. The first kappa shape index (κ1) is 22.0. The largest absolute Gasteiger partial charge is 0.451 e. The average molecular weight is 404 g/mol. The maximum Gasteiger partial charge on any atom is 0.329 e. The number of carbonyl (C=O) groups excluding carboxylic acids is 3. The molecule has 0 aromatic heterocycles. The molecule has 0 saturated carbocycles. The Morgan fingerprint density at radius 2 is 1.38 bits per heavy atom. The van der Waals surface area contributed by atoms with E-state index >= 15 is 0 Å². The fourth-order valence-corrected chi connectivity index (χ4v) is 2.40. The number of hydrogen-bond donors (Lipinski definition) is 2. The maximum atomic E-state index is 13.0. The van der Waals surface area contributed by atoms with Crippen molar-refractivity contribution < 1.29 is 27.9 Å². The number of anilines is 1. The fraction of sp³-hybridized carbons (Fsp3) is 0.286. The van der Waals surface area contributed by atoms with E-state index in [2.05, 4.69) is 10.6 Å². The van der Waals surface area contributed by atoms with E-state index in [1.54, 1.807) is 13.8 Å². The lowest BCUT2D eigenvalue weighted by molar-refractivity contribution is -0.156. The van der Waals surface area contributed by atoms with Crippen LogP contribution < -0.4 is 10.6 Å². The standard InChI is InChI=1S/C21H22F2N2O4/c1-12(2)18(25-20(27)14-4-6-15(22)7-5-14)21(28)29-13(3)19(26)24-17-10-8-16(23)9-11-17/h4-13,18H,1-3H3,(H,24,26)(H,25,27)/t13-,18+/m1/s1. The number of esters is 1. The van der Waals surface area contributed by atoms with Crippen LogP contribution in [0.4, 0.5) is 14.5 Å². The summed E-state index contributed by atoms with van der Waals surface area (Å²) in [4.78, 5) is 37.0. The monoisotopic (exact) mass is 404 g/mol. The van der Waals surface area contributed by atoms with Gasteiger partial charge >= 0.3 is 5.97 Å². The lowest BCUT2D eigenvalue weighted by atomic mass is 10.0. The number of benzene rings is 2. The first-order chi connectivity index (χ1) is 13.7. The zero-order valence-corrected chi connectivity index (χ0v) is 16.2. The van der Waals surface area contributed by atoms with Gasteiger partial charge in [-0.25, -0.2) is 13.6 Å². The second kappa shape index (κ2) is 9.77. The molecule has 0 aliphatic heterocycles. The predicted octanol–water partition coefficient (Wildman–Crippen LogP) is 3.29. The van der Waals surface area contributed by atoms with Crippen molar-refractivity contribution in [1.29, 1.82) is 0 Å². The molecule has 2 amide bonds. The summed E-state index contributed by atoms with van der Waals surface area (Å²) < 4.78 is 31.1. The van der Waals surface area contributed by atoms with E-state index in [0.717, 1.165) is 12.1 Å². The first-order valence-electron chi connectivity index (χ1n) is 9.00. The fourth-order valence-electron chi connectivity index (χ4n) is 2.40. The number of amides is 2. The van der Waals surface area contributed by atoms with Crippen LogP contribution in [0, 0.1) is 17.6 Å². The van der Waals surface area contributed by atoms with E-state index in [1.165, 1.54) is 43.3 Å². The maximum absolute atomic E-state index is 13.0. The molecular formula is C21H22F2N2O4. The molecule has 154 valence electrons. The quantitative estimate of drug-likeness (QED) is 0.694. The second-order valence-electron chi connectivity index (χ2n) is 6.78. The minimum Gasteiger partial charge on any atom is -0.451 e. The molecule has 0 fully saturated rings. The van der Waals surface area contributed by atoms with E-state index in [9.17, 15) is 23.2 Å². The topological polar surface area (TPSA) is 84.5 Å². The number of halogens is 2. The van der Waals surface area contributed by atoms with Crippen molar-refractivity contribution >= 4 is 23.5 Å². The summed E-state index contributed by atoms with van der Waals surface area (Å²) in [5, 5.41) is 5.05. The molecule has 2 N–H and O–H groups in total. The predicted molar refractivity (Wildman–Crippen MR) is 103 cm³/mol. The van der Waals surface area contributed by atoms with E-state index in [1.807, 2.05) is 0 Å². The van der Waals surface area contributed by atoms with Gasteiger partial charge in [-0.1, -0.05) is 13.8 Å². The van der Waals surface area contributed by atoms with Crippen molar-refractivity contribution in [2.24, 2.45) is 5.92 Å². The minimum absolute atomic E-state index is 0.187. The summed E-state index contributed by atoms with van der Waals surface area (Å²) in [6.45, 7) is 4.80. The summed E-state index contributed by atoms with van der Waals surface area (Å²) in [5.74, 6) is -3.20. The molecule has 0 saturated heterocycles. The van der Waals surface area contributed by atoms with Gasteiger partial charge in [0.2, 0.25) is 0 Å². The SMILES string of the molecule is CC(C)[C@H](NC(=O)c1ccc(F)cc1)C(=O)O[C@H](C)C(=O)Nc1ccc(F)cc1. The Morgan fingerprint density at radius 3 is 1.90 bits per heavy atom. The molecule has 0 aliphatic rings. The molecule has 2 rings (SSSR count). The molecule has 8 heteroatoms. The highest BCUT2D eigenvalue weighted by atomic mass is 19.1. The lowest BCUT2D eigenvalue weighted by Gasteiger charge is -2.23. The Labute approximate surface area is 167 Å². The normalized spacial score (nSPS) is 12.8. The van der Waals surface area contributed by atoms with Gasteiger partial charge in [0.25, 0.3) is 11.8 Å². The highest BCUT2D eigenvalue weighted by molar-refractivity contribution is 5.98. The number of hydrogen-bond acceptors (Lipinski definition) is 4.